The van der Waals surface area contributed by atoms with Gasteiger partial charge >= 0.3 is 5.97 Å². The molecule has 1 aromatic rings. The number of thioether (sulfide) groups is 1. The Morgan fingerprint density at radius 1 is 1.24 bits per heavy atom. The summed E-state index contributed by atoms with van der Waals surface area (Å²) in [6.45, 7) is 8.13. The van der Waals surface area contributed by atoms with Gasteiger partial charge in [0.1, 0.15) is 12.2 Å². The van der Waals surface area contributed by atoms with E-state index in [0.717, 1.165) is 6.42 Å². The third kappa shape index (κ3) is 9.32. The molecule has 0 unspecified atom stereocenters. The van der Waals surface area contributed by atoms with Crippen LogP contribution in [0.15, 0.2) is 40.6 Å². The van der Waals surface area contributed by atoms with E-state index in [1.165, 1.54) is 10.5 Å². The predicted molar refractivity (Wildman–Crippen MR) is 87.5 cm³/mol. The molecule has 0 aliphatic carbocycles. The van der Waals surface area contributed by atoms with Gasteiger partial charge in [-0.25, -0.2) is 4.79 Å². The van der Waals surface area contributed by atoms with Gasteiger partial charge in [-0.2, -0.15) is 0 Å². The van der Waals surface area contributed by atoms with Gasteiger partial charge in [0, 0.05) is 4.90 Å². The zero-order valence-electron chi connectivity index (χ0n) is 13.2. The molecule has 21 heavy (non-hydrogen) atoms. The molecule has 0 N–H and O–H groups in total. The summed E-state index contributed by atoms with van der Waals surface area (Å²) in [5, 5.41) is 2.04. The average Bonchev–Trinajstić information content (AvgIpc) is 2.37. The van der Waals surface area contributed by atoms with Crippen LogP contribution in [0.3, 0.4) is 0 Å². The summed E-state index contributed by atoms with van der Waals surface area (Å²) in [6.07, 6.45) is 2.82. The molecule has 1 aromatic carbocycles. The van der Waals surface area contributed by atoms with E-state index >= 15 is 0 Å². The Morgan fingerprint density at radius 2 is 1.90 bits per heavy atom. The summed E-state index contributed by atoms with van der Waals surface area (Å²) in [5.41, 5.74) is 0.809. The average molecular weight is 308 g/mol. The van der Waals surface area contributed by atoms with E-state index in [4.69, 9.17) is 9.47 Å². The number of benzene rings is 1. The zero-order chi connectivity index (χ0) is 15.7. The molecule has 116 valence electrons. The van der Waals surface area contributed by atoms with Gasteiger partial charge in [-0.3, -0.25) is 0 Å². The lowest BCUT2D eigenvalue weighted by Crippen LogP contribution is -2.26. The van der Waals surface area contributed by atoms with Crippen LogP contribution in [0.4, 0.5) is 0 Å². The van der Waals surface area contributed by atoms with Crippen LogP contribution >= 0.6 is 11.8 Å². The molecule has 0 radical (unpaired) electrons. The molecule has 0 atom stereocenters. The lowest BCUT2D eigenvalue weighted by molar-refractivity contribution is -0.160. The summed E-state index contributed by atoms with van der Waals surface area (Å²) in [6, 6.07) is 8.40. The molecule has 0 aliphatic rings. The summed E-state index contributed by atoms with van der Waals surface area (Å²) >= 11 is 1.67. The maximum atomic E-state index is 11.4. The van der Waals surface area contributed by atoms with Crippen molar-refractivity contribution in [2.45, 2.75) is 44.6 Å². The fourth-order valence-corrected chi connectivity index (χ4v) is 2.17. The number of esters is 1. The number of carbonyl (C=O) groups excluding carboxylic acids is 1. The van der Waals surface area contributed by atoms with E-state index in [2.05, 4.69) is 31.2 Å². The van der Waals surface area contributed by atoms with Gasteiger partial charge < -0.3 is 9.47 Å². The first kappa shape index (κ1) is 17.8. The van der Waals surface area contributed by atoms with Gasteiger partial charge in [0.15, 0.2) is 0 Å². The lowest BCUT2D eigenvalue weighted by atomic mass is 10.2. The van der Waals surface area contributed by atoms with Crippen LogP contribution in [0.2, 0.25) is 0 Å². The highest BCUT2D eigenvalue weighted by atomic mass is 32.2. The van der Waals surface area contributed by atoms with Crippen molar-refractivity contribution in [1.82, 2.24) is 0 Å². The van der Waals surface area contributed by atoms with Crippen LogP contribution in [0.5, 0.6) is 0 Å². The van der Waals surface area contributed by atoms with E-state index in [9.17, 15) is 4.79 Å². The Morgan fingerprint density at radius 3 is 2.52 bits per heavy atom. The molecule has 0 amide bonds. The summed E-state index contributed by atoms with van der Waals surface area (Å²) in [5.74, 6) is -0.319. The zero-order valence-corrected chi connectivity index (χ0v) is 14.0. The Balaban J connectivity index is 2.10. The molecule has 4 heteroatoms. The predicted octanol–water partition coefficient (Wildman–Crippen LogP) is 4.35. The van der Waals surface area contributed by atoms with Gasteiger partial charge in [-0.1, -0.05) is 35.5 Å². The second-order valence-corrected chi connectivity index (χ2v) is 6.71. The summed E-state index contributed by atoms with van der Waals surface area (Å²) in [7, 11) is 0. The van der Waals surface area contributed by atoms with Crippen molar-refractivity contribution in [1.29, 1.82) is 0 Å². The molecule has 0 heterocycles. The maximum absolute atomic E-state index is 11.4. The number of aryl methyl sites for hydroxylation is 1. The molecule has 0 fully saturated rings. The van der Waals surface area contributed by atoms with Crippen molar-refractivity contribution in [2.75, 3.05) is 13.2 Å². The Labute approximate surface area is 131 Å². The van der Waals surface area contributed by atoms with E-state index in [0.29, 0.717) is 6.61 Å². The van der Waals surface area contributed by atoms with Crippen LogP contribution in [-0.2, 0) is 14.3 Å². The molecule has 1 rings (SSSR count). The van der Waals surface area contributed by atoms with Crippen molar-refractivity contribution in [3.63, 3.8) is 0 Å². The lowest BCUT2D eigenvalue weighted by Gasteiger charge is -2.19. The third-order valence-electron chi connectivity index (χ3n) is 2.39. The molecule has 0 bridgehead atoms. The van der Waals surface area contributed by atoms with Crippen molar-refractivity contribution in [2.24, 2.45) is 0 Å². The van der Waals surface area contributed by atoms with Crippen LogP contribution in [0.1, 0.15) is 32.8 Å². The fourth-order valence-electron chi connectivity index (χ4n) is 1.49. The Bertz CT molecular complexity index is 458. The molecule has 0 saturated carbocycles. The molecule has 0 aliphatic heterocycles. The maximum Gasteiger partial charge on any atom is 0.332 e. The first-order valence-corrected chi connectivity index (χ1v) is 7.93. The molecular formula is C17H24O3S. The van der Waals surface area contributed by atoms with Gasteiger partial charge in [0.05, 0.1) is 6.61 Å². The normalized spacial score (nSPS) is 11.8. The Hall–Kier alpha value is -1.26. The van der Waals surface area contributed by atoms with Gasteiger partial charge in [-0.05, 0) is 51.7 Å². The number of rotatable bonds is 7. The van der Waals surface area contributed by atoms with E-state index in [1.807, 2.05) is 32.3 Å². The van der Waals surface area contributed by atoms with Gasteiger partial charge in [-0.15, -0.1) is 0 Å². The smallest absolute Gasteiger partial charge is 0.332 e. The molecule has 0 spiro atoms. The Kier molecular flexibility index (Phi) is 7.54. The van der Waals surface area contributed by atoms with Crippen molar-refractivity contribution < 1.29 is 14.3 Å². The van der Waals surface area contributed by atoms with E-state index < -0.39 is 5.60 Å². The van der Waals surface area contributed by atoms with Crippen LogP contribution in [0.25, 0.3) is 0 Å². The summed E-state index contributed by atoms with van der Waals surface area (Å²) < 4.78 is 10.4. The minimum absolute atomic E-state index is 0.0101. The summed E-state index contributed by atoms with van der Waals surface area (Å²) in [4.78, 5) is 12.6. The standard InChI is InChI=1S/C17H24O3S/c1-14-7-9-15(10-8-14)21-12-6-5-11-19-13-16(18)20-17(2,3)4/h6-10,12H,5,11,13H2,1-4H3/b12-6+. The highest BCUT2D eigenvalue weighted by Crippen LogP contribution is 2.19. The van der Waals surface area contributed by atoms with Crippen molar-refractivity contribution in [3.05, 3.63) is 41.3 Å². The topological polar surface area (TPSA) is 35.5 Å². The van der Waals surface area contributed by atoms with E-state index in [-0.39, 0.29) is 12.6 Å². The minimum atomic E-state index is -0.453. The van der Waals surface area contributed by atoms with Gasteiger partial charge in [0.2, 0.25) is 0 Å². The van der Waals surface area contributed by atoms with Crippen molar-refractivity contribution >= 4 is 17.7 Å². The number of hydrogen-bond donors (Lipinski definition) is 0. The van der Waals surface area contributed by atoms with Gasteiger partial charge in [0.25, 0.3) is 0 Å². The first-order valence-electron chi connectivity index (χ1n) is 7.05. The quantitative estimate of drug-likeness (QED) is 0.426. The number of carbonyl (C=O) groups is 1. The van der Waals surface area contributed by atoms with Crippen molar-refractivity contribution in [3.8, 4) is 0 Å². The van der Waals surface area contributed by atoms with Crippen LogP contribution in [-0.4, -0.2) is 24.8 Å². The molecule has 3 nitrogen and oxygen atoms in total. The largest absolute Gasteiger partial charge is 0.458 e. The fraction of sp³-hybridized carbons (Fsp3) is 0.471. The van der Waals surface area contributed by atoms with Crippen LogP contribution in [0, 0.1) is 6.92 Å². The minimum Gasteiger partial charge on any atom is -0.458 e. The molecular weight excluding hydrogens is 284 g/mol. The second-order valence-electron chi connectivity index (χ2n) is 5.73. The van der Waals surface area contributed by atoms with E-state index in [1.54, 1.807) is 11.8 Å². The highest BCUT2D eigenvalue weighted by Gasteiger charge is 2.15. The third-order valence-corrected chi connectivity index (χ3v) is 3.26. The van der Waals surface area contributed by atoms with Crippen LogP contribution < -0.4 is 0 Å². The number of ether oxygens (including phenoxy) is 2. The monoisotopic (exact) mass is 308 g/mol. The molecule has 0 aromatic heterocycles. The first-order chi connectivity index (χ1) is 9.87. The highest BCUT2D eigenvalue weighted by molar-refractivity contribution is 8.02. The number of hydrogen-bond acceptors (Lipinski definition) is 4. The second kappa shape index (κ2) is 8.90. The SMILES string of the molecule is Cc1ccc(S/C=C/CCOCC(=O)OC(C)(C)C)cc1. The molecule has 0 saturated heterocycles.